The summed E-state index contributed by atoms with van der Waals surface area (Å²) in [5.41, 5.74) is 0. The molecule has 0 radical (unpaired) electrons. The first-order valence-corrected chi connectivity index (χ1v) is 7.20. The Morgan fingerprint density at radius 1 is 1.35 bits per heavy atom. The van der Waals surface area contributed by atoms with Gasteiger partial charge in [0.15, 0.2) is 0 Å². The summed E-state index contributed by atoms with van der Waals surface area (Å²) in [5.74, 6) is 0.526. The highest BCUT2D eigenvalue weighted by Gasteiger charge is 2.28. The lowest BCUT2D eigenvalue weighted by Crippen LogP contribution is -2.43. The van der Waals surface area contributed by atoms with E-state index >= 15 is 0 Å². The molecule has 1 fully saturated rings. The van der Waals surface area contributed by atoms with E-state index in [1.54, 1.807) is 0 Å². The predicted octanol–water partition coefficient (Wildman–Crippen LogP) is 2.90. The Kier molecular flexibility index (Phi) is 7.05. The van der Waals surface area contributed by atoms with Gasteiger partial charge in [0.25, 0.3) is 0 Å². The number of aliphatic hydroxyl groups excluding tert-OH is 1. The topological polar surface area (TPSA) is 32.3 Å². The van der Waals surface area contributed by atoms with E-state index in [0.29, 0.717) is 25.3 Å². The quantitative estimate of drug-likeness (QED) is 0.723. The summed E-state index contributed by atoms with van der Waals surface area (Å²) in [5, 5.41) is 12.6. The van der Waals surface area contributed by atoms with E-state index in [1.807, 2.05) is 0 Å². The van der Waals surface area contributed by atoms with Gasteiger partial charge in [0.2, 0.25) is 0 Å². The van der Waals surface area contributed by atoms with Gasteiger partial charge in [0.1, 0.15) is 6.17 Å². The van der Waals surface area contributed by atoms with Crippen LogP contribution in [-0.4, -0.2) is 30.5 Å². The van der Waals surface area contributed by atoms with Crippen molar-refractivity contribution in [2.45, 2.75) is 64.6 Å². The molecule has 0 saturated carbocycles. The number of β-amino-alcohol motifs (C(OH)–C–C–N with tert-alkyl or cyclic N) is 1. The maximum absolute atomic E-state index is 14.2. The molecule has 1 aliphatic heterocycles. The van der Waals surface area contributed by atoms with Crippen LogP contribution in [0.5, 0.6) is 0 Å². The fraction of sp³-hybridized carbons (Fsp3) is 1.00. The first-order chi connectivity index (χ1) is 8.17. The van der Waals surface area contributed by atoms with Gasteiger partial charge >= 0.3 is 0 Å². The molecule has 1 rings (SSSR count). The summed E-state index contributed by atoms with van der Waals surface area (Å²) >= 11 is 0. The molecule has 4 atom stereocenters. The molecule has 0 aromatic rings. The van der Waals surface area contributed by atoms with Gasteiger partial charge in [-0.3, -0.25) is 0 Å². The summed E-state index contributed by atoms with van der Waals surface area (Å²) < 4.78 is 14.2. The predicted molar refractivity (Wildman–Crippen MR) is 69.8 cm³/mol. The summed E-state index contributed by atoms with van der Waals surface area (Å²) in [6.07, 6.45) is 4.81. The van der Waals surface area contributed by atoms with E-state index in [1.165, 1.54) is 12.8 Å². The SMILES string of the molecule is CCCCC(CC)CC(F)C1CNCC(O)C1. The average molecular weight is 245 g/mol. The van der Waals surface area contributed by atoms with Crippen LogP contribution in [0.15, 0.2) is 0 Å². The van der Waals surface area contributed by atoms with E-state index in [9.17, 15) is 9.50 Å². The molecule has 0 amide bonds. The normalized spacial score (nSPS) is 28.9. The van der Waals surface area contributed by atoms with Crippen molar-refractivity contribution < 1.29 is 9.50 Å². The molecule has 0 aliphatic carbocycles. The molecule has 2 nitrogen and oxygen atoms in total. The van der Waals surface area contributed by atoms with E-state index in [4.69, 9.17) is 0 Å². The second kappa shape index (κ2) is 8.04. The lowest BCUT2D eigenvalue weighted by Gasteiger charge is -2.30. The minimum absolute atomic E-state index is 0.00873. The number of hydrogen-bond donors (Lipinski definition) is 2. The van der Waals surface area contributed by atoms with Crippen LogP contribution in [0.1, 0.15) is 52.4 Å². The maximum Gasteiger partial charge on any atom is 0.104 e. The molecule has 1 aliphatic rings. The van der Waals surface area contributed by atoms with Crippen molar-refractivity contribution in [2.24, 2.45) is 11.8 Å². The van der Waals surface area contributed by atoms with Crippen LogP contribution in [0, 0.1) is 11.8 Å². The van der Waals surface area contributed by atoms with E-state index in [2.05, 4.69) is 19.2 Å². The van der Waals surface area contributed by atoms with Crippen molar-refractivity contribution >= 4 is 0 Å². The lowest BCUT2D eigenvalue weighted by atomic mass is 9.85. The van der Waals surface area contributed by atoms with Crippen LogP contribution >= 0.6 is 0 Å². The molecule has 4 unspecified atom stereocenters. The Morgan fingerprint density at radius 3 is 2.71 bits per heavy atom. The minimum Gasteiger partial charge on any atom is -0.392 e. The standard InChI is InChI=1S/C14H28FNO/c1-3-5-6-11(4-2)7-14(15)12-8-13(17)10-16-9-12/h11-14,16-17H,3-10H2,1-2H3. The van der Waals surface area contributed by atoms with E-state index in [-0.39, 0.29) is 12.0 Å². The Hall–Kier alpha value is -0.150. The number of nitrogens with one attached hydrogen (secondary N) is 1. The van der Waals surface area contributed by atoms with Crippen molar-refractivity contribution in [3.8, 4) is 0 Å². The average Bonchev–Trinajstić information content (AvgIpc) is 2.34. The van der Waals surface area contributed by atoms with Crippen LogP contribution in [0.25, 0.3) is 0 Å². The summed E-state index contributed by atoms with van der Waals surface area (Å²) in [6.45, 7) is 5.68. The molecule has 0 bridgehead atoms. The number of piperidine rings is 1. The van der Waals surface area contributed by atoms with Gasteiger partial charge in [-0.1, -0.05) is 39.5 Å². The zero-order valence-electron chi connectivity index (χ0n) is 11.3. The molecule has 2 N–H and O–H groups in total. The van der Waals surface area contributed by atoms with Crippen molar-refractivity contribution in [1.82, 2.24) is 5.32 Å². The maximum atomic E-state index is 14.2. The number of aliphatic hydroxyl groups is 1. The minimum atomic E-state index is -0.751. The highest BCUT2D eigenvalue weighted by atomic mass is 19.1. The molecule has 3 heteroatoms. The third-order valence-corrected chi connectivity index (χ3v) is 3.97. The molecule has 1 heterocycles. The van der Waals surface area contributed by atoms with Crippen molar-refractivity contribution in [2.75, 3.05) is 13.1 Å². The Morgan fingerprint density at radius 2 is 2.12 bits per heavy atom. The van der Waals surface area contributed by atoms with Crippen LogP contribution < -0.4 is 5.32 Å². The number of hydrogen-bond acceptors (Lipinski definition) is 2. The van der Waals surface area contributed by atoms with Crippen molar-refractivity contribution in [3.63, 3.8) is 0 Å². The highest BCUT2D eigenvalue weighted by Crippen LogP contribution is 2.27. The van der Waals surface area contributed by atoms with Crippen LogP contribution in [-0.2, 0) is 0 Å². The van der Waals surface area contributed by atoms with Gasteiger partial charge < -0.3 is 10.4 Å². The van der Waals surface area contributed by atoms with Crippen LogP contribution in [0.3, 0.4) is 0 Å². The molecular weight excluding hydrogens is 217 g/mol. The Labute approximate surface area is 105 Å². The second-order valence-electron chi connectivity index (χ2n) is 5.48. The number of alkyl halides is 1. The van der Waals surface area contributed by atoms with Gasteiger partial charge in [0, 0.05) is 19.0 Å². The van der Waals surface area contributed by atoms with E-state index in [0.717, 1.165) is 19.4 Å². The van der Waals surface area contributed by atoms with Gasteiger partial charge in [0.05, 0.1) is 6.10 Å². The first-order valence-electron chi connectivity index (χ1n) is 7.20. The molecular formula is C14H28FNO. The number of halogens is 1. The molecule has 102 valence electrons. The van der Waals surface area contributed by atoms with Crippen molar-refractivity contribution in [3.05, 3.63) is 0 Å². The summed E-state index contributed by atoms with van der Waals surface area (Å²) in [4.78, 5) is 0. The number of unbranched alkanes of at least 4 members (excludes halogenated alkanes) is 1. The highest BCUT2D eigenvalue weighted by molar-refractivity contribution is 4.82. The van der Waals surface area contributed by atoms with Gasteiger partial charge in [-0.25, -0.2) is 4.39 Å². The molecule has 17 heavy (non-hydrogen) atoms. The monoisotopic (exact) mass is 245 g/mol. The zero-order valence-corrected chi connectivity index (χ0v) is 11.3. The number of rotatable bonds is 7. The molecule has 0 aromatic heterocycles. The molecule has 0 spiro atoms. The van der Waals surface area contributed by atoms with Gasteiger partial charge in [-0.2, -0.15) is 0 Å². The third kappa shape index (κ3) is 5.35. The van der Waals surface area contributed by atoms with Crippen LogP contribution in [0.2, 0.25) is 0 Å². The molecule has 1 saturated heterocycles. The fourth-order valence-electron chi connectivity index (χ4n) is 2.72. The fourth-order valence-corrected chi connectivity index (χ4v) is 2.72. The lowest BCUT2D eigenvalue weighted by molar-refractivity contribution is 0.0692. The summed E-state index contributed by atoms with van der Waals surface area (Å²) in [6, 6.07) is 0. The second-order valence-corrected chi connectivity index (χ2v) is 5.48. The third-order valence-electron chi connectivity index (χ3n) is 3.97. The largest absolute Gasteiger partial charge is 0.392 e. The summed E-state index contributed by atoms with van der Waals surface area (Å²) in [7, 11) is 0. The van der Waals surface area contributed by atoms with Gasteiger partial charge in [-0.15, -0.1) is 0 Å². The van der Waals surface area contributed by atoms with E-state index < -0.39 is 6.17 Å². The van der Waals surface area contributed by atoms with Crippen LogP contribution in [0.4, 0.5) is 4.39 Å². The Balaban J connectivity index is 2.32. The van der Waals surface area contributed by atoms with Gasteiger partial charge in [-0.05, 0) is 18.8 Å². The smallest absolute Gasteiger partial charge is 0.104 e. The molecule has 0 aromatic carbocycles. The first kappa shape index (κ1) is 14.9. The Bertz CT molecular complexity index is 201. The zero-order chi connectivity index (χ0) is 12.7. The van der Waals surface area contributed by atoms with Crippen molar-refractivity contribution in [1.29, 1.82) is 0 Å².